The summed E-state index contributed by atoms with van der Waals surface area (Å²) in [4.78, 5) is 0. The zero-order valence-corrected chi connectivity index (χ0v) is 4.98. The van der Waals surface area contributed by atoms with Gasteiger partial charge in [-0.05, 0) is 43.3 Å². The topological polar surface area (TPSA) is 0 Å². The molecule has 0 aliphatic heterocycles. The number of fused-ring (bicyclic) bond motifs is 1. The van der Waals surface area contributed by atoms with Gasteiger partial charge in [0, 0.05) is 0 Å². The summed E-state index contributed by atoms with van der Waals surface area (Å²) in [5, 5.41) is 0. The second-order valence-corrected chi connectivity index (χ2v) is 2.69. The molecule has 0 aromatic rings. The molecule has 0 aromatic carbocycles. The quantitative estimate of drug-likeness (QED) is 0.415. The predicted molar refractivity (Wildman–Crippen MR) is 33.6 cm³/mol. The molecule has 1 fully saturated rings. The summed E-state index contributed by atoms with van der Waals surface area (Å²) in [5.41, 5.74) is 4.90. The van der Waals surface area contributed by atoms with E-state index < -0.39 is 0 Å². The Balaban J connectivity index is 2.31. The molecule has 2 aliphatic carbocycles. The lowest BCUT2D eigenvalue weighted by Crippen LogP contribution is -2.15. The number of hydrogen-bond donors (Lipinski definition) is 0. The van der Waals surface area contributed by atoms with Crippen molar-refractivity contribution >= 4 is 0 Å². The van der Waals surface area contributed by atoms with Crippen molar-refractivity contribution in [2.45, 2.75) is 25.7 Å². The Kier molecular flexibility index (Phi) is 0.824. The molecule has 42 valence electrons. The van der Waals surface area contributed by atoms with Crippen LogP contribution in [0.2, 0.25) is 0 Å². The molecule has 1 unspecified atom stereocenters. The molecule has 0 N–H and O–H groups in total. The Hall–Kier alpha value is -0.480. The van der Waals surface area contributed by atoms with Crippen LogP contribution in [0.25, 0.3) is 0 Å². The average molecular weight is 106 g/mol. The molecule has 0 heterocycles. The first kappa shape index (κ1) is 4.40. The maximum absolute atomic E-state index is 3.31. The van der Waals surface area contributed by atoms with Gasteiger partial charge in [-0.3, -0.25) is 0 Å². The van der Waals surface area contributed by atoms with E-state index in [4.69, 9.17) is 0 Å². The van der Waals surface area contributed by atoms with Gasteiger partial charge in [-0.2, -0.15) is 0 Å². The lowest BCUT2D eigenvalue weighted by atomic mass is 9.75. The van der Waals surface area contributed by atoms with E-state index in [0.29, 0.717) is 0 Å². The summed E-state index contributed by atoms with van der Waals surface area (Å²) in [5.74, 6) is 0.958. The van der Waals surface area contributed by atoms with Crippen LogP contribution >= 0.6 is 0 Å². The maximum atomic E-state index is 3.31. The highest BCUT2D eigenvalue weighted by Crippen LogP contribution is 2.37. The van der Waals surface area contributed by atoms with Crippen molar-refractivity contribution in [1.29, 1.82) is 0 Å². The lowest BCUT2D eigenvalue weighted by molar-refractivity contribution is 0.410. The zero-order chi connectivity index (χ0) is 5.40. The maximum Gasteiger partial charge on any atom is -0.0121 e. The van der Waals surface area contributed by atoms with E-state index in [1.807, 2.05) is 0 Å². The van der Waals surface area contributed by atoms with Crippen LogP contribution in [-0.4, -0.2) is 0 Å². The lowest BCUT2D eigenvalue weighted by Gasteiger charge is -2.29. The molecule has 0 radical (unpaired) electrons. The Labute approximate surface area is 49.9 Å². The highest BCUT2D eigenvalue weighted by molar-refractivity contribution is 5.17. The fourth-order valence-electron chi connectivity index (χ4n) is 1.49. The standard InChI is InChI=1S/C8H10/c1-2-4-8-6-5-7(8)3-1/h1,8H,2,4-6H2. The molecule has 2 aliphatic rings. The first-order chi connectivity index (χ1) is 3.97. The van der Waals surface area contributed by atoms with E-state index in [1.165, 1.54) is 25.7 Å². The molecule has 0 bridgehead atoms. The molecule has 8 heavy (non-hydrogen) atoms. The molecule has 0 spiro atoms. The SMILES string of the molecule is C1=CCCC2CCC=12. The van der Waals surface area contributed by atoms with Crippen LogP contribution < -0.4 is 0 Å². The van der Waals surface area contributed by atoms with Crippen LogP contribution in [0.1, 0.15) is 25.7 Å². The molecule has 2 rings (SSSR count). The molecule has 0 heteroatoms. The van der Waals surface area contributed by atoms with Crippen molar-refractivity contribution in [3.05, 3.63) is 17.4 Å². The Morgan fingerprint density at radius 3 is 2.88 bits per heavy atom. The second kappa shape index (κ2) is 1.50. The van der Waals surface area contributed by atoms with Gasteiger partial charge in [0.1, 0.15) is 0 Å². The Morgan fingerprint density at radius 1 is 1.50 bits per heavy atom. The molecular formula is C8H10. The van der Waals surface area contributed by atoms with E-state index in [9.17, 15) is 0 Å². The van der Waals surface area contributed by atoms with Crippen LogP contribution in [0, 0.1) is 5.92 Å². The highest BCUT2D eigenvalue weighted by atomic mass is 14.3. The summed E-state index contributed by atoms with van der Waals surface area (Å²) in [6.07, 6.45) is 7.64. The minimum absolute atomic E-state index is 0.958. The van der Waals surface area contributed by atoms with Gasteiger partial charge in [0.15, 0.2) is 0 Å². The minimum Gasteiger partial charge on any atom is -0.126 e. The van der Waals surface area contributed by atoms with Crippen molar-refractivity contribution in [3.63, 3.8) is 0 Å². The van der Waals surface area contributed by atoms with E-state index >= 15 is 0 Å². The van der Waals surface area contributed by atoms with Crippen LogP contribution in [0.4, 0.5) is 0 Å². The molecule has 0 amide bonds. The van der Waals surface area contributed by atoms with Gasteiger partial charge in [-0.25, -0.2) is 0 Å². The fourth-order valence-corrected chi connectivity index (χ4v) is 1.49. The van der Waals surface area contributed by atoms with Crippen molar-refractivity contribution in [1.82, 2.24) is 0 Å². The third-order valence-electron chi connectivity index (χ3n) is 2.20. The first-order valence-electron chi connectivity index (χ1n) is 3.41. The normalized spacial score (nSPS) is 33.0. The molecule has 0 saturated heterocycles. The summed E-state index contributed by atoms with van der Waals surface area (Å²) in [6.45, 7) is 0. The third-order valence-corrected chi connectivity index (χ3v) is 2.20. The summed E-state index contributed by atoms with van der Waals surface area (Å²) in [6, 6.07) is 0. The number of rotatable bonds is 0. The summed E-state index contributed by atoms with van der Waals surface area (Å²) < 4.78 is 0. The Morgan fingerprint density at radius 2 is 2.50 bits per heavy atom. The zero-order valence-electron chi connectivity index (χ0n) is 4.98. The monoisotopic (exact) mass is 106 g/mol. The van der Waals surface area contributed by atoms with Gasteiger partial charge >= 0.3 is 0 Å². The fraction of sp³-hybridized carbons (Fsp3) is 0.625. The van der Waals surface area contributed by atoms with E-state index in [-0.39, 0.29) is 0 Å². The smallest absolute Gasteiger partial charge is 0.0121 e. The van der Waals surface area contributed by atoms with E-state index in [0.717, 1.165) is 5.92 Å². The van der Waals surface area contributed by atoms with Crippen molar-refractivity contribution in [3.8, 4) is 0 Å². The van der Waals surface area contributed by atoms with Gasteiger partial charge in [0.05, 0.1) is 0 Å². The van der Waals surface area contributed by atoms with Gasteiger partial charge in [0.25, 0.3) is 0 Å². The second-order valence-electron chi connectivity index (χ2n) is 2.69. The average Bonchev–Trinajstić information content (AvgIpc) is 1.72. The third kappa shape index (κ3) is 0.468. The van der Waals surface area contributed by atoms with Crippen molar-refractivity contribution < 1.29 is 0 Å². The predicted octanol–water partition coefficient (Wildman–Crippen LogP) is 2.27. The van der Waals surface area contributed by atoms with Crippen LogP contribution in [0.3, 0.4) is 0 Å². The minimum atomic E-state index is 0.958. The number of hydrogen-bond acceptors (Lipinski definition) is 0. The molecule has 1 saturated carbocycles. The van der Waals surface area contributed by atoms with Crippen molar-refractivity contribution in [2.75, 3.05) is 0 Å². The van der Waals surface area contributed by atoms with Crippen molar-refractivity contribution in [2.24, 2.45) is 5.92 Å². The summed E-state index contributed by atoms with van der Waals surface area (Å²) >= 11 is 0. The van der Waals surface area contributed by atoms with Gasteiger partial charge in [0.2, 0.25) is 0 Å². The summed E-state index contributed by atoms with van der Waals surface area (Å²) in [7, 11) is 0. The van der Waals surface area contributed by atoms with Crippen LogP contribution in [0.5, 0.6) is 0 Å². The number of allylic oxidation sites excluding steroid dienone is 1. The molecule has 1 atom stereocenters. The Bertz CT molecular complexity index is 159. The highest BCUT2D eigenvalue weighted by Gasteiger charge is 2.24. The van der Waals surface area contributed by atoms with Gasteiger partial charge in [-0.1, -0.05) is 0 Å². The van der Waals surface area contributed by atoms with E-state index in [1.54, 1.807) is 5.57 Å². The van der Waals surface area contributed by atoms with Crippen LogP contribution in [-0.2, 0) is 0 Å². The first-order valence-corrected chi connectivity index (χ1v) is 3.41. The van der Waals surface area contributed by atoms with Crippen LogP contribution in [0.15, 0.2) is 17.4 Å². The van der Waals surface area contributed by atoms with Gasteiger partial charge < -0.3 is 0 Å². The molecular weight excluding hydrogens is 96.1 g/mol. The van der Waals surface area contributed by atoms with Gasteiger partial charge in [-0.15, -0.1) is 5.73 Å². The molecule has 0 nitrogen and oxygen atoms in total. The largest absolute Gasteiger partial charge is 0.126 e. The molecule has 0 aromatic heterocycles. The van der Waals surface area contributed by atoms with E-state index in [2.05, 4.69) is 11.8 Å².